The zero-order valence-corrected chi connectivity index (χ0v) is 8.82. The molecule has 86 valence electrons. The van der Waals surface area contributed by atoms with E-state index in [1.165, 1.54) is 0 Å². The molecule has 0 heterocycles. The number of hydrogen-bond donors (Lipinski definition) is 0. The molecule has 0 saturated carbocycles. The summed E-state index contributed by atoms with van der Waals surface area (Å²) in [5.41, 5.74) is -1.84. The highest BCUT2D eigenvalue weighted by Crippen LogP contribution is 2.34. The Labute approximate surface area is 94.0 Å². The summed E-state index contributed by atoms with van der Waals surface area (Å²) >= 11 is 5.52. The number of aldehydes is 1. The van der Waals surface area contributed by atoms with Gasteiger partial charge in [0.25, 0.3) is 0 Å². The average molecular weight is 251 g/mol. The SMILES string of the molecule is CC(=O)c1cc(C=O)c(C(F)(F)F)cc1Cl. The molecule has 1 aromatic carbocycles. The van der Waals surface area contributed by atoms with Gasteiger partial charge in [-0.1, -0.05) is 11.6 Å². The van der Waals surface area contributed by atoms with Gasteiger partial charge in [0, 0.05) is 11.1 Å². The normalized spacial score (nSPS) is 11.3. The van der Waals surface area contributed by atoms with Crippen molar-refractivity contribution in [2.75, 3.05) is 0 Å². The molecule has 0 spiro atoms. The maximum Gasteiger partial charge on any atom is 0.417 e. The van der Waals surface area contributed by atoms with Gasteiger partial charge in [0.2, 0.25) is 0 Å². The molecular weight excluding hydrogens is 245 g/mol. The fourth-order valence-corrected chi connectivity index (χ4v) is 1.50. The summed E-state index contributed by atoms with van der Waals surface area (Å²) in [6.07, 6.45) is -4.62. The summed E-state index contributed by atoms with van der Waals surface area (Å²) in [6, 6.07) is 1.43. The third kappa shape index (κ3) is 2.41. The van der Waals surface area contributed by atoms with Crippen molar-refractivity contribution in [2.45, 2.75) is 13.1 Å². The van der Waals surface area contributed by atoms with Crippen LogP contribution in [0.5, 0.6) is 0 Å². The Morgan fingerprint density at radius 2 is 1.94 bits per heavy atom. The van der Waals surface area contributed by atoms with Crippen molar-refractivity contribution in [3.63, 3.8) is 0 Å². The van der Waals surface area contributed by atoms with Crippen molar-refractivity contribution < 1.29 is 22.8 Å². The van der Waals surface area contributed by atoms with Crippen LogP contribution >= 0.6 is 11.6 Å². The van der Waals surface area contributed by atoms with E-state index in [-0.39, 0.29) is 16.9 Å². The molecule has 0 aliphatic carbocycles. The van der Waals surface area contributed by atoms with Crippen LogP contribution in [0.15, 0.2) is 12.1 Å². The minimum atomic E-state index is -4.67. The van der Waals surface area contributed by atoms with Crippen molar-refractivity contribution in [3.8, 4) is 0 Å². The van der Waals surface area contributed by atoms with E-state index in [9.17, 15) is 22.8 Å². The molecular formula is C10H6ClF3O2. The van der Waals surface area contributed by atoms with Crippen molar-refractivity contribution >= 4 is 23.7 Å². The minimum absolute atomic E-state index is 0.0472. The lowest BCUT2D eigenvalue weighted by Crippen LogP contribution is -2.10. The van der Waals surface area contributed by atoms with Crippen LogP contribution in [0.3, 0.4) is 0 Å². The maximum absolute atomic E-state index is 12.4. The molecule has 1 rings (SSSR count). The van der Waals surface area contributed by atoms with E-state index in [1.807, 2.05) is 0 Å². The number of rotatable bonds is 2. The number of halogens is 4. The Kier molecular flexibility index (Phi) is 3.38. The fourth-order valence-electron chi connectivity index (χ4n) is 1.20. The number of carbonyl (C=O) groups is 2. The van der Waals surface area contributed by atoms with Gasteiger partial charge in [0.05, 0.1) is 10.6 Å². The van der Waals surface area contributed by atoms with E-state index in [1.54, 1.807) is 0 Å². The molecule has 0 N–H and O–H groups in total. The number of benzene rings is 1. The standard InChI is InChI=1S/C10H6ClF3O2/c1-5(16)7-2-6(4-15)8(3-9(7)11)10(12,13)14/h2-4H,1H3. The van der Waals surface area contributed by atoms with Gasteiger partial charge in [-0.2, -0.15) is 13.2 Å². The average Bonchev–Trinajstić information content (AvgIpc) is 2.15. The first-order chi connectivity index (χ1) is 7.27. The molecule has 0 radical (unpaired) electrons. The Hall–Kier alpha value is -1.36. The number of alkyl halides is 3. The van der Waals surface area contributed by atoms with Gasteiger partial charge >= 0.3 is 6.18 Å². The topological polar surface area (TPSA) is 34.1 Å². The van der Waals surface area contributed by atoms with Crippen LogP contribution in [0.4, 0.5) is 13.2 Å². The van der Waals surface area contributed by atoms with Crippen LogP contribution in [0.1, 0.15) is 33.2 Å². The highest BCUT2D eigenvalue weighted by molar-refractivity contribution is 6.34. The van der Waals surface area contributed by atoms with Crippen LogP contribution in [0, 0.1) is 0 Å². The predicted octanol–water partition coefficient (Wildman–Crippen LogP) is 3.37. The molecule has 0 saturated heterocycles. The quantitative estimate of drug-likeness (QED) is 0.596. The van der Waals surface area contributed by atoms with Crippen LogP contribution in [-0.4, -0.2) is 12.1 Å². The molecule has 6 heteroatoms. The Morgan fingerprint density at radius 3 is 2.31 bits per heavy atom. The van der Waals surface area contributed by atoms with Gasteiger partial charge in [-0.05, 0) is 19.1 Å². The maximum atomic E-state index is 12.4. The smallest absolute Gasteiger partial charge is 0.298 e. The molecule has 0 aliphatic heterocycles. The van der Waals surface area contributed by atoms with E-state index in [4.69, 9.17) is 11.6 Å². The number of carbonyl (C=O) groups excluding carboxylic acids is 2. The highest BCUT2D eigenvalue weighted by Gasteiger charge is 2.34. The van der Waals surface area contributed by atoms with Crippen molar-refractivity contribution in [1.29, 1.82) is 0 Å². The molecule has 0 aliphatic rings. The fraction of sp³-hybridized carbons (Fsp3) is 0.200. The van der Waals surface area contributed by atoms with E-state index in [2.05, 4.69) is 0 Å². The molecule has 0 atom stereocenters. The second kappa shape index (κ2) is 4.25. The van der Waals surface area contributed by atoms with Gasteiger partial charge in [-0.3, -0.25) is 9.59 Å². The van der Waals surface area contributed by atoms with Crippen molar-refractivity contribution in [2.24, 2.45) is 0 Å². The Morgan fingerprint density at radius 1 is 1.38 bits per heavy atom. The van der Waals surface area contributed by atoms with Crippen molar-refractivity contribution in [1.82, 2.24) is 0 Å². The molecule has 0 aromatic heterocycles. The molecule has 1 aromatic rings. The van der Waals surface area contributed by atoms with Crippen LogP contribution in [0.25, 0.3) is 0 Å². The molecule has 0 fully saturated rings. The molecule has 0 bridgehead atoms. The van der Waals surface area contributed by atoms with E-state index >= 15 is 0 Å². The first kappa shape index (κ1) is 12.7. The lowest BCUT2D eigenvalue weighted by Gasteiger charge is -2.11. The summed E-state index contributed by atoms with van der Waals surface area (Å²) < 4.78 is 37.3. The molecule has 2 nitrogen and oxygen atoms in total. The first-order valence-corrected chi connectivity index (χ1v) is 4.52. The van der Waals surface area contributed by atoms with Gasteiger partial charge in [-0.15, -0.1) is 0 Å². The zero-order chi connectivity index (χ0) is 12.5. The lowest BCUT2D eigenvalue weighted by atomic mass is 10.0. The third-order valence-corrected chi connectivity index (χ3v) is 2.26. The van der Waals surface area contributed by atoms with Crippen molar-refractivity contribution in [3.05, 3.63) is 33.8 Å². The van der Waals surface area contributed by atoms with Gasteiger partial charge in [-0.25, -0.2) is 0 Å². The summed E-state index contributed by atoms with van der Waals surface area (Å²) in [7, 11) is 0. The van der Waals surface area contributed by atoms with Crippen LogP contribution < -0.4 is 0 Å². The number of Topliss-reactive ketones (excluding diaryl/α,β-unsaturated/α-hetero) is 1. The summed E-state index contributed by atoms with van der Waals surface area (Å²) in [4.78, 5) is 21.5. The minimum Gasteiger partial charge on any atom is -0.298 e. The van der Waals surface area contributed by atoms with Gasteiger partial charge in [0.15, 0.2) is 12.1 Å². The van der Waals surface area contributed by atoms with E-state index in [0.29, 0.717) is 6.07 Å². The van der Waals surface area contributed by atoms with Gasteiger partial charge < -0.3 is 0 Å². The summed E-state index contributed by atoms with van der Waals surface area (Å²) in [6.45, 7) is 1.16. The largest absolute Gasteiger partial charge is 0.417 e. The zero-order valence-electron chi connectivity index (χ0n) is 8.06. The van der Waals surface area contributed by atoms with Crippen LogP contribution in [-0.2, 0) is 6.18 Å². The first-order valence-electron chi connectivity index (χ1n) is 4.14. The second-order valence-electron chi connectivity index (χ2n) is 3.09. The molecule has 16 heavy (non-hydrogen) atoms. The predicted molar refractivity (Wildman–Crippen MR) is 51.8 cm³/mol. The monoisotopic (exact) mass is 250 g/mol. The summed E-state index contributed by atoms with van der Waals surface area (Å²) in [5.74, 6) is -0.498. The number of hydrogen-bond acceptors (Lipinski definition) is 2. The third-order valence-electron chi connectivity index (χ3n) is 1.95. The number of ketones is 1. The molecule has 0 unspecified atom stereocenters. The Bertz CT molecular complexity index is 452. The summed E-state index contributed by atoms with van der Waals surface area (Å²) in [5, 5.41) is -0.314. The Balaban J connectivity index is 3.50. The van der Waals surface area contributed by atoms with E-state index in [0.717, 1.165) is 13.0 Å². The second-order valence-corrected chi connectivity index (χ2v) is 3.50. The van der Waals surface area contributed by atoms with E-state index < -0.39 is 23.1 Å². The highest BCUT2D eigenvalue weighted by atomic mass is 35.5. The molecule has 0 amide bonds. The van der Waals surface area contributed by atoms with Crippen LogP contribution in [0.2, 0.25) is 5.02 Å². The lowest BCUT2D eigenvalue weighted by molar-refractivity contribution is -0.137. The van der Waals surface area contributed by atoms with Gasteiger partial charge in [0.1, 0.15) is 0 Å².